The molecule has 6 aromatic heterocycles. The number of carbonyl (C=O) groups excluding carboxylic acids is 3. The highest BCUT2D eigenvalue weighted by atomic mass is 79.9. The van der Waals surface area contributed by atoms with Crippen molar-refractivity contribution in [3.05, 3.63) is 242 Å². The maximum atomic E-state index is 12.7. The summed E-state index contributed by atoms with van der Waals surface area (Å²) >= 11 is 30.4. The maximum Gasteiger partial charge on any atom is 0.410 e. The average Bonchev–Trinajstić information content (AvgIpc) is 1.72. The van der Waals surface area contributed by atoms with Crippen LogP contribution in [0, 0.1) is 0 Å². The Balaban J connectivity index is 0.000000162. The molecule has 0 radical (unpaired) electrons. The number of rotatable bonds is 9. The van der Waals surface area contributed by atoms with E-state index in [-0.39, 0.29) is 43.8 Å². The molecule has 3 unspecified atom stereocenters. The summed E-state index contributed by atoms with van der Waals surface area (Å²) in [7, 11) is 5.60. The third-order valence-corrected chi connectivity index (χ3v) is 23.7. The molecule has 15 rings (SSSR count). The van der Waals surface area contributed by atoms with Crippen molar-refractivity contribution in [1.82, 2.24) is 73.0 Å². The lowest BCUT2D eigenvalue weighted by Crippen LogP contribution is -2.51. The van der Waals surface area contributed by atoms with Crippen LogP contribution >= 0.6 is 82.6 Å². The van der Waals surface area contributed by atoms with E-state index in [1.54, 1.807) is 91.6 Å². The van der Waals surface area contributed by atoms with E-state index in [1.165, 1.54) is 0 Å². The lowest BCUT2D eigenvalue weighted by atomic mass is 9.84. The molecule has 9 heterocycles. The fourth-order valence-corrected chi connectivity index (χ4v) is 17.8. The quantitative estimate of drug-likeness (QED) is 0.114. The first-order valence-corrected chi connectivity index (χ1v) is 42.3. The van der Waals surface area contributed by atoms with Gasteiger partial charge in [0.1, 0.15) is 33.6 Å². The van der Waals surface area contributed by atoms with Gasteiger partial charge < -0.3 is 57.9 Å². The molecule has 0 bridgehead atoms. The largest absolute Gasteiger partial charge is 0.444 e. The second-order valence-electron chi connectivity index (χ2n) is 33.9. The van der Waals surface area contributed by atoms with Crippen LogP contribution < -0.4 is 0 Å². The van der Waals surface area contributed by atoms with Crippen LogP contribution in [0.15, 0.2) is 142 Å². The van der Waals surface area contributed by atoms with Crippen molar-refractivity contribution in [2.45, 2.75) is 142 Å². The number of amides is 3. The van der Waals surface area contributed by atoms with Gasteiger partial charge >= 0.3 is 18.3 Å². The number of hydrogen-bond donors (Lipinski definition) is 3. The van der Waals surface area contributed by atoms with E-state index < -0.39 is 33.6 Å². The van der Waals surface area contributed by atoms with Gasteiger partial charge in [-0.05, 0) is 270 Å². The molecule has 9 aromatic rings. The highest BCUT2D eigenvalue weighted by molar-refractivity contribution is 9.11. The second kappa shape index (κ2) is 35.1. The molecule has 30 heteroatoms. The number of aromatic nitrogens is 9. The zero-order chi connectivity index (χ0) is 84.3. The molecule has 3 N–H and O–H groups in total. The van der Waals surface area contributed by atoms with Crippen molar-refractivity contribution in [2.24, 2.45) is 21.1 Å². The third-order valence-electron chi connectivity index (χ3n) is 21.7. The molecular weight excluding hydrogens is 1760 g/mol. The zero-order valence-corrected chi connectivity index (χ0v) is 75.4. The average molecular weight is 1860 g/mol. The summed E-state index contributed by atoms with van der Waals surface area (Å²) in [4.78, 5) is 77.9. The number of nitrogens with zero attached hydrogens (tertiary/aromatic N) is 15. The number of fused-ring (bicyclic) bond motifs is 6. The first kappa shape index (κ1) is 89.1. The SMILES string of the molecule is C.Cn1cncc1C(C)(O)C1=Cc2cc(Br)cnc2[C@@H](N2CCN(C(=O)OC(C)(C)C)CC2)c2ccc(Cl)cc21.Cn1cncc1C(C)(O)C1=Cc2cc(Br)cnc2[C@@H](N2CCN(C(=O)OC(C)(C)C)CC2)c2ccc(Cl)cc21.Cn1cncc1C(C)(O)C1=Cc2cc(Br)cnc2[C@@H](N2CCN(C(=O)OC(C)(C)C)CC2)c2ccc(Cl)cc21. The van der Waals surface area contributed by atoms with Crippen LogP contribution in [0.1, 0.15) is 193 Å². The smallest absolute Gasteiger partial charge is 0.410 e. The van der Waals surface area contributed by atoms with Crippen LogP contribution in [0.5, 0.6) is 0 Å². The van der Waals surface area contributed by atoms with Crippen molar-refractivity contribution in [3.63, 3.8) is 0 Å². The van der Waals surface area contributed by atoms with E-state index in [4.69, 9.17) is 64.0 Å². The summed E-state index contributed by atoms with van der Waals surface area (Å²) < 4.78 is 24.8. The van der Waals surface area contributed by atoms with Gasteiger partial charge in [-0.3, -0.25) is 29.7 Å². The van der Waals surface area contributed by atoms with E-state index in [1.807, 2.05) is 188 Å². The summed E-state index contributed by atoms with van der Waals surface area (Å²) in [5.41, 5.74) is 9.22. The number of hydrogen-bond acceptors (Lipinski definition) is 18. The first-order valence-electron chi connectivity index (χ1n) is 38.8. The van der Waals surface area contributed by atoms with Gasteiger partial charge in [-0.25, -0.2) is 29.3 Å². The highest BCUT2D eigenvalue weighted by Gasteiger charge is 2.45. The minimum Gasteiger partial charge on any atom is -0.444 e. The number of benzene rings is 3. The van der Waals surface area contributed by atoms with Crippen molar-refractivity contribution in [2.75, 3.05) is 78.5 Å². The predicted octanol–water partition coefficient (Wildman–Crippen LogP) is 17.5. The normalized spacial score (nSPS) is 19.3. The number of ether oxygens (including phenoxy) is 3. The molecule has 3 aromatic carbocycles. The molecule has 6 aliphatic rings. The fraction of sp³-hybridized carbons (Fsp3) is 0.420. The van der Waals surface area contributed by atoms with Crippen molar-refractivity contribution >= 4 is 136 Å². The number of pyridine rings is 3. The van der Waals surface area contributed by atoms with Crippen molar-refractivity contribution in [3.8, 4) is 0 Å². The first-order chi connectivity index (χ1) is 55.0. The summed E-state index contributed by atoms with van der Waals surface area (Å²) in [5.74, 6) is 0. The van der Waals surface area contributed by atoms with E-state index in [0.29, 0.717) is 127 Å². The van der Waals surface area contributed by atoms with Crippen LogP contribution in [0.4, 0.5) is 14.4 Å². The number of aliphatic hydroxyl groups is 3. The minimum absolute atomic E-state index is 0. The molecular formula is C88H103Br3Cl3N15O9. The van der Waals surface area contributed by atoms with E-state index in [0.717, 1.165) is 80.6 Å². The Morgan fingerprint density at radius 1 is 0.381 bits per heavy atom. The summed E-state index contributed by atoms with van der Waals surface area (Å²) in [6, 6.07) is 22.9. The molecule has 3 fully saturated rings. The minimum atomic E-state index is -1.37. The van der Waals surface area contributed by atoms with Crippen molar-refractivity contribution in [1.29, 1.82) is 0 Å². The Bertz CT molecular complexity index is 4830. The van der Waals surface area contributed by atoms with Crippen LogP contribution in [0.25, 0.3) is 34.9 Å². The Morgan fingerprint density at radius 3 is 0.831 bits per heavy atom. The molecule has 626 valence electrons. The van der Waals surface area contributed by atoms with Gasteiger partial charge in [0.2, 0.25) is 0 Å². The number of carbonyl (C=O) groups is 3. The second-order valence-corrected chi connectivity index (χ2v) is 37.9. The standard InChI is InChI=1S/3C29H33BrClN5O3.CH4/c3*1-28(2,3)39-27(37)36-10-8-35(9-11-36)26-21-7-6-20(31)14-22(21)23(13-18-12-19(30)15-33-25(18)26)29(4,38)24-16-32-17-34(24)5;/h3*6-7,12-17,26,38H,8-11H2,1-5H3;1H4/t3*26-,29?;/m000./s1. The summed E-state index contributed by atoms with van der Waals surface area (Å²) in [6.07, 6.45) is 20.6. The fourth-order valence-electron chi connectivity index (χ4n) is 16.2. The number of imidazole rings is 3. The Hall–Kier alpha value is -8.16. The lowest BCUT2D eigenvalue weighted by Gasteiger charge is -2.40. The van der Waals surface area contributed by atoms with Gasteiger partial charge in [0, 0.05) is 147 Å². The molecule has 118 heavy (non-hydrogen) atoms. The molecule has 3 aliphatic carbocycles. The van der Waals surface area contributed by atoms with Gasteiger partial charge in [0.25, 0.3) is 0 Å². The molecule has 3 amide bonds. The van der Waals surface area contributed by atoms with E-state index in [9.17, 15) is 29.7 Å². The molecule has 0 saturated carbocycles. The summed E-state index contributed by atoms with van der Waals surface area (Å²) in [5, 5.41) is 37.9. The number of aryl methyl sites for hydroxylation is 3. The Kier molecular flexibility index (Phi) is 26.5. The molecule has 0 spiro atoms. The van der Waals surface area contributed by atoms with Crippen LogP contribution in [0.2, 0.25) is 15.1 Å². The van der Waals surface area contributed by atoms with Crippen LogP contribution in [-0.2, 0) is 52.2 Å². The van der Waals surface area contributed by atoms with E-state index >= 15 is 0 Å². The molecule has 6 atom stereocenters. The van der Waals surface area contributed by atoms with Gasteiger partial charge in [-0.2, -0.15) is 0 Å². The highest BCUT2D eigenvalue weighted by Crippen LogP contribution is 2.51. The summed E-state index contributed by atoms with van der Waals surface area (Å²) in [6.45, 7) is 29.3. The topological polar surface area (TPSA) is 251 Å². The van der Waals surface area contributed by atoms with Gasteiger partial charge in [-0.15, -0.1) is 0 Å². The molecule has 3 aliphatic heterocycles. The maximum absolute atomic E-state index is 12.7. The number of piperazine rings is 3. The monoisotopic (exact) mass is 1860 g/mol. The third kappa shape index (κ3) is 19.3. The molecule has 24 nitrogen and oxygen atoms in total. The zero-order valence-electron chi connectivity index (χ0n) is 68.3. The van der Waals surface area contributed by atoms with Crippen molar-refractivity contribution < 1.29 is 43.9 Å². The van der Waals surface area contributed by atoms with Crippen LogP contribution in [0.3, 0.4) is 0 Å². The van der Waals surface area contributed by atoms with Gasteiger partial charge in [0.05, 0.1) is 89.9 Å². The van der Waals surface area contributed by atoms with Gasteiger partial charge in [0.15, 0.2) is 0 Å². The van der Waals surface area contributed by atoms with Crippen LogP contribution in [-0.4, -0.2) is 202 Å². The number of halogens is 6. The van der Waals surface area contributed by atoms with E-state index in [2.05, 4.69) is 77.4 Å². The Morgan fingerprint density at radius 2 is 0.619 bits per heavy atom. The molecule has 3 saturated heterocycles. The predicted molar refractivity (Wildman–Crippen MR) is 473 cm³/mol. The lowest BCUT2D eigenvalue weighted by molar-refractivity contribution is 0.0108. The van der Waals surface area contributed by atoms with Gasteiger partial charge in [-0.1, -0.05) is 60.4 Å². The Labute approximate surface area is 730 Å².